The first-order chi connectivity index (χ1) is 32.5. The molecular formula is C60H107NO5. The van der Waals surface area contributed by atoms with Crippen LogP contribution in [0, 0.1) is 0 Å². The lowest BCUT2D eigenvalue weighted by Crippen LogP contribution is -2.46. The number of allylic oxidation sites excluding steroid dienone is 12. The summed E-state index contributed by atoms with van der Waals surface area (Å²) in [5.41, 5.74) is 0. The van der Waals surface area contributed by atoms with Crippen molar-refractivity contribution < 1.29 is 24.5 Å². The second kappa shape index (κ2) is 53.3. The van der Waals surface area contributed by atoms with Crippen molar-refractivity contribution in [3.8, 4) is 0 Å². The second-order valence-corrected chi connectivity index (χ2v) is 19.0. The summed E-state index contributed by atoms with van der Waals surface area (Å²) in [4.78, 5) is 26.2. The van der Waals surface area contributed by atoms with Crippen LogP contribution in [0.1, 0.15) is 271 Å². The number of unbranched alkanes of at least 4 members (excludes halogenated alkanes) is 28. The van der Waals surface area contributed by atoms with Gasteiger partial charge in [-0.3, -0.25) is 9.59 Å². The van der Waals surface area contributed by atoms with E-state index in [2.05, 4.69) is 86.8 Å². The van der Waals surface area contributed by atoms with Crippen molar-refractivity contribution >= 4 is 11.9 Å². The number of nitrogens with one attached hydrogen (secondary N) is 1. The summed E-state index contributed by atoms with van der Waals surface area (Å²) >= 11 is 0. The third-order valence-corrected chi connectivity index (χ3v) is 12.6. The highest BCUT2D eigenvalue weighted by atomic mass is 16.5. The third kappa shape index (κ3) is 47.8. The monoisotopic (exact) mass is 922 g/mol. The van der Waals surface area contributed by atoms with Gasteiger partial charge in [0.2, 0.25) is 5.91 Å². The minimum atomic E-state index is -0.803. The molecule has 3 N–H and O–H groups in total. The van der Waals surface area contributed by atoms with Gasteiger partial charge in [0.05, 0.1) is 25.2 Å². The Labute approximate surface area is 409 Å². The average molecular weight is 923 g/mol. The van der Waals surface area contributed by atoms with Crippen LogP contribution >= 0.6 is 0 Å². The van der Waals surface area contributed by atoms with Gasteiger partial charge >= 0.3 is 5.97 Å². The van der Waals surface area contributed by atoms with Crippen molar-refractivity contribution in [3.63, 3.8) is 0 Å². The maximum atomic E-state index is 13.2. The normalized spacial score (nSPS) is 13.7. The second-order valence-electron chi connectivity index (χ2n) is 19.0. The molecule has 0 rings (SSSR count). The first-order valence-corrected chi connectivity index (χ1v) is 28.2. The van der Waals surface area contributed by atoms with Crippen LogP contribution in [0.4, 0.5) is 0 Å². The minimum absolute atomic E-state index is 0.0470. The molecule has 0 aliphatic heterocycles. The number of esters is 1. The summed E-state index contributed by atoms with van der Waals surface area (Å²) in [6, 6.07) is -0.719. The van der Waals surface area contributed by atoms with E-state index in [4.69, 9.17) is 4.74 Å². The van der Waals surface area contributed by atoms with Crippen LogP contribution in [0.3, 0.4) is 0 Å². The van der Waals surface area contributed by atoms with E-state index in [0.717, 1.165) is 89.9 Å². The minimum Gasteiger partial charge on any atom is -0.462 e. The first-order valence-electron chi connectivity index (χ1n) is 28.2. The molecule has 0 saturated carbocycles. The van der Waals surface area contributed by atoms with E-state index in [0.29, 0.717) is 19.3 Å². The molecule has 0 aromatic heterocycles. The van der Waals surface area contributed by atoms with Crippen LogP contribution in [-0.4, -0.2) is 46.9 Å². The molecule has 0 bridgehead atoms. The lowest BCUT2D eigenvalue weighted by Gasteiger charge is -2.24. The highest BCUT2D eigenvalue weighted by molar-refractivity contribution is 5.77. The highest BCUT2D eigenvalue weighted by Gasteiger charge is 2.24. The fourth-order valence-corrected chi connectivity index (χ4v) is 8.32. The van der Waals surface area contributed by atoms with Gasteiger partial charge < -0.3 is 20.3 Å². The summed E-state index contributed by atoms with van der Waals surface area (Å²) in [7, 11) is 0. The van der Waals surface area contributed by atoms with Crippen LogP contribution < -0.4 is 5.32 Å². The van der Waals surface area contributed by atoms with Gasteiger partial charge in [-0.25, -0.2) is 0 Å². The summed E-state index contributed by atoms with van der Waals surface area (Å²) in [5, 5.41) is 23.8. The molecule has 0 heterocycles. The van der Waals surface area contributed by atoms with Gasteiger partial charge in [0.25, 0.3) is 0 Å². The van der Waals surface area contributed by atoms with E-state index in [1.165, 1.54) is 135 Å². The molecule has 0 aromatic rings. The van der Waals surface area contributed by atoms with Crippen LogP contribution in [0.5, 0.6) is 0 Å². The number of hydrogen-bond acceptors (Lipinski definition) is 5. The molecule has 66 heavy (non-hydrogen) atoms. The van der Waals surface area contributed by atoms with Crippen molar-refractivity contribution in [2.24, 2.45) is 0 Å². The highest BCUT2D eigenvalue weighted by Crippen LogP contribution is 2.18. The zero-order valence-corrected chi connectivity index (χ0v) is 43.6. The number of carbonyl (C=O) groups excluding carboxylic acids is 2. The quantitative estimate of drug-likeness (QED) is 0.0244. The maximum absolute atomic E-state index is 13.2. The number of hydrogen-bond donors (Lipinski definition) is 3. The van der Waals surface area contributed by atoms with Crippen LogP contribution in [0.15, 0.2) is 72.9 Å². The standard InChI is InChI=1S/C60H107NO5/c1-4-7-10-13-16-19-22-24-26-28-29-31-33-35-38-41-44-47-50-53-60(65)66-56(51-48-45-42-39-36-21-18-15-12-9-6-3)54-59(64)61-57(55-62)58(63)52-49-46-43-40-37-34-32-30-27-25-23-20-17-14-11-8-5-2/h9,12,15-16,18-19,21,24,26,29,31,36,56-58,62-63H,4-8,10-11,13-14,17,20,22-23,25,27-28,30,32-35,37-55H2,1-3H3,(H,61,64)/b12-9+,18-15+,19-16-,26-24-,31-29-,36-21-. The molecule has 0 aliphatic carbocycles. The largest absolute Gasteiger partial charge is 0.462 e. The number of amides is 1. The van der Waals surface area contributed by atoms with Gasteiger partial charge in [0.15, 0.2) is 0 Å². The summed E-state index contributed by atoms with van der Waals surface area (Å²) in [5.74, 6) is -0.522. The van der Waals surface area contributed by atoms with E-state index >= 15 is 0 Å². The topological polar surface area (TPSA) is 95.9 Å². The molecule has 6 nitrogen and oxygen atoms in total. The Balaban J connectivity index is 4.50. The van der Waals surface area contributed by atoms with Gasteiger partial charge in [-0.15, -0.1) is 0 Å². The SMILES string of the molecule is CC/C=C/C=C/C=C\CCCCCC(CC(=O)NC(CO)C(O)CCCCCCCCCCCCCCCCCCC)OC(=O)CCCCCCCC/C=C\C/C=C\C/C=C\CCCCC. The molecule has 0 fully saturated rings. The Bertz CT molecular complexity index is 1220. The van der Waals surface area contributed by atoms with Gasteiger partial charge in [0.1, 0.15) is 6.10 Å². The van der Waals surface area contributed by atoms with Gasteiger partial charge in [0, 0.05) is 6.42 Å². The van der Waals surface area contributed by atoms with Crippen LogP contribution in [0.25, 0.3) is 0 Å². The van der Waals surface area contributed by atoms with Crippen molar-refractivity contribution in [2.45, 2.75) is 289 Å². The van der Waals surface area contributed by atoms with E-state index in [1.54, 1.807) is 0 Å². The van der Waals surface area contributed by atoms with E-state index in [1.807, 2.05) is 12.2 Å². The molecule has 382 valence electrons. The molecule has 0 aromatic carbocycles. The van der Waals surface area contributed by atoms with E-state index in [-0.39, 0.29) is 24.9 Å². The lowest BCUT2D eigenvalue weighted by molar-refractivity contribution is -0.151. The van der Waals surface area contributed by atoms with Crippen molar-refractivity contribution in [2.75, 3.05) is 6.61 Å². The number of aliphatic hydroxyl groups is 2. The average Bonchev–Trinajstić information content (AvgIpc) is 3.31. The predicted molar refractivity (Wildman–Crippen MR) is 287 cm³/mol. The van der Waals surface area contributed by atoms with Crippen LogP contribution in [-0.2, 0) is 14.3 Å². The zero-order chi connectivity index (χ0) is 48.1. The fourth-order valence-electron chi connectivity index (χ4n) is 8.32. The molecule has 0 aliphatic rings. The van der Waals surface area contributed by atoms with Crippen molar-refractivity contribution in [3.05, 3.63) is 72.9 Å². The summed E-state index contributed by atoms with van der Waals surface area (Å²) < 4.78 is 5.92. The number of aliphatic hydroxyl groups excluding tert-OH is 2. The fraction of sp³-hybridized carbons (Fsp3) is 0.767. The maximum Gasteiger partial charge on any atom is 0.306 e. The molecule has 0 saturated heterocycles. The van der Waals surface area contributed by atoms with E-state index in [9.17, 15) is 19.8 Å². The molecule has 0 radical (unpaired) electrons. The third-order valence-electron chi connectivity index (χ3n) is 12.6. The Morgan fingerprint density at radius 2 is 0.879 bits per heavy atom. The van der Waals surface area contributed by atoms with E-state index < -0.39 is 18.2 Å². The van der Waals surface area contributed by atoms with Crippen molar-refractivity contribution in [1.82, 2.24) is 5.32 Å². The molecular weight excluding hydrogens is 815 g/mol. The predicted octanol–water partition coefficient (Wildman–Crippen LogP) is 17.3. The van der Waals surface area contributed by atoms with Crippen molar-refractivity contribution in [1.29, 1.82) is 0 Å². The number of carbonyl (C=O) groups is 2. The van der Waals surface area contributed by atoms with Crippen LogP contribution in [0.2, 0.25) is 0 Å². The zero-order valence-electron chi connectivity index (χ0n) is 43.6. The molecule has 6 heteroatoms. The number of ether oxygens (including phenoxy) is 1. The number of rotatable bonds is 50. The van der Waals surface area contributed by atoms with Gasteiger partial charge in [-0.2, -0.15) is 0 Å². The smallest absolute Gasteiger partial charge is 0.306 e. The Morgan fingerprint density at radius 1 is 0.470 bits per heavy atom. The Hall–Kier alpha value is -2.70. The molecule has 0 spiro atoms. The summed E-state index contributed by atoms with van der Waals surface area (Å²) in [6.45, 7) is 6.33. The summed E-state index contributed by atoms with van der Waals surface area (Å²) in [6.07, 6.45) is 68.3. The molecule has 3 unspecified atom stereocenters. The lowest BCUT2D eigenvalue weighted by atomic mass is 10.0. The Kier molecular flexibility index (Phi) is 51.1. The molecule has 1 amide bonds. The van der Waals surface area contributed by atoms with Gasteiger partial charge in [-0.05, 0) is 83.5 Å². The Morgan fingerprint density at radius 3 is 1.41 bits per heavy atom. The molecule has 3 atom stereocenters. The first kappa shape index (κ1) is 63.3. The van der Waals surface area contributed by atoms with Gasteiger partial charge in [-0.1, -0.05) is 248 Å².